The lowest BCUT2D eigenvalue weighted by atomic mass is 9.78. The fourth-order valence-corrected chi connectivity index (χ4v) is 3.95. The molecule has 1 aliphatic heterocycles. The topological polar surface area (TPSA) is 53.6 Å². The molecule has 0 aromatic heterocycles. The van der Waals surface area contributed by atoms with Crippen LogP contribution in [0.3, 0.4) is 0 Å². The quantitative estimate of drug-likeness (QED) is 0.504. The molecule has 126 valence electrons. The maximum absolute atomic E-state index is 5.41. The molecule has 0 unspecified atom stereocenters. The average Bonchev–Trinajstić information content (AvgIpc) is 2.38. The number of anilines is 1. The summed E-state index contributed by atoms with van der Waals surface area (Å²) in [6, 6.07) is 5.01. The summed E-state index contributed by atoms with van der Waals surface area (Å²) in [5.41, 5.74) is 13.2. The normalized spacial score (nSPS) is 20.0. The fraction of sp³-hybridized carbons (Fsp3) is 0.556. The molecule has 0 radical (unpaired) electrons. The van der Waals surface area contributed by atoms with Gasteiger partial charge in [0.2, 0.25) is 0 Å². The van der Waals surface area contributed by atoms with Crippen molar-refractivity contribution in [3.63, 3.8) is 0 Å². The van der Waals surface area contributed by atoms with Crippen molar-refractivity contribution in [1.82, 2.24) is 5.43 Å². The minimum Gasteiger partial charge on any atom is -0.375 e. The van der Waals surface area contributed by atoms with Gasteiger partial charge >= 0.3 is 0 Å². The number of thiocarbonyl (C=S) groups is 1. The second-order valence-electron chi connectivity index (χ2n) is 7.38. The predicted molar refractivity (Wildman–Crippen MR) is 103 cm³/mol. The van der Waals surface area contributed by atoms with Gasteiger partial charge in [0.05, 0.1) is 6.21 Å². The number of hydrogen-bond donors (Lipinski definition) is 2. The first-order valence-electron chi connectivity index (χ1n) is 8.16. The van der Waals surface area contributed by atoms with Gasteiger partial charge in [0.25, 0.3) is 0 Å². The van der Waals surface area contributed by atoms with Crippen molar-refractivity contribution in [3.05, 3.63) is 28.8 Å². The average molecular weight is 333 g/mol. The highest BCUT2D eigenvalue weighted by Crippen LogP contribution is 2.45. The Kier molecular flexibility index (Phi) is 4.99. The van der Waals surface area contributed by atoms with E-state index in [9.17, 15) is 0 Å². The molecule has 0 bridgehead atoms. The van der Waals surface area contributed by atoms with Gasteiger partial charge in [-0.1, -0.05) is 6.92 Å². The Morgan fingerprint density at radius 3 is 2.70 bits per heavy atom. The molecule has 1 heterocycles. The smallest absolute Gasteiger partial charge is 0.184 e. The summed E-state index contributed by atoms with van der Waals surface area (Å²) in [6.07, 6.45) is 2.93. The number of aryl methyl sites for hydroxylation is 1. The van der Waals surface area contributed by atoms with Gasteiger partial charge in [0.15, 0.2) is 5.11 Å². The number of nitrogens with zero attached hydrogens (tertiary/aromatic N) is 2. The largest absolute Gasteiger partial charge is 0.375 e. The summed E-state index contributed by atoms with van der Waals surface area (Å²) in [5, 5.41) is 4.28. The maximum Gasteiger partial charge on any atom is 0.184 e. The van der Waals surface area contributed by atoms with E-state index in [1.54, 1.807) is 6.21 Å². The van der Waals surface area contributed by atoms with Crippen molar-refractivity contribution in [2.24, 2.45) is 10.8 Å². The Hall–Kier alpha value is -1.62. The first-order valence-corrected chi connectivity index (χ1v) is 8.56. The number of hydrogen-bond acceptors (Lipinski definition) is 3. The van der Waals surface area contributed by atoms with E-state index in [-0.39, 0.29) is 10.7 Å². The molecule has 1 aromatic carbocycles. The standard InChI is InChI=1S/C18H28N4S/c1-11(2)22-16-7-12(3)14(10-20-21-17(19)23)8-15(16)13(4)9-18(22,5)6/h7-8,10-11,13H,9H2,1-6H3,(H3,19,21,23)/b20-10-/t13-/m0/s1. The molecule has 2 rings (SSSR count). The van der Waals surface area contributed by atoms with Gasteiger partial charge in [0.1, 0.15) is 0 Å². The summed E-state index contributed by atoms with van der Waals surface area (Å²) < 4.78 is 0. The van der Waals surface area contributed by atoms with Crippen molar-refractivity contribution >= 4 is 29.2 Å². The second kappa shape index (κ2) is 6.48. The van der Waals surface area contributed by atoms with Gasteiger partial charge in [-0.25, -0.2) is 0 Å². The molecule has 0 fully saturated rings. The van der Waals surface area contributed by atoms with Crippen LogP contribution in [-0.4, -0.2) is 22.9 Å². The lowest BCUT2D eigenvalue weighted by Crippen LogP contribution is -2.51. The molecular formula is C18H28N4S. The fourth-order valence-electron chi connectivity index (χ4n) is 3.90. The minimum absolute atomic E-state index is 0.163. The third-order valence-corrected chi connectivity index (χ3v) is 4.65. The number of benzene rings is 1. The molecule has 1 aliphatic rings. The Morgan fingerprint density at radius 2 is 2.13 bits per heavy atom. The van der Waals surface area contributed by atoms with Crippen LogP contribution in [0.15, 0.2) is 17.2 Å². The van der Waals surface area contributed by atoms with Crippen LogP contribution in [0, 0.1) is 6.92 Å². The Labute approximate surface area is 145 Å². The van der Waals surface area contributed by atoms with Crippen molar-refractivity contribution < 1.29 is 0 Å². The van der Waals surface area contributed by atoms with E-state index in [0.717, 1.165) is 12.0 Å². The van der Waals surface area contributed by atoms with Crippen LogP contribution in [0.4, 0.5) is 5.69 Å². The molecule has 0 aliphatic carbocycles. The molecular weight excluding hydrogens is 304 g/mol. The molecule has 4 nitrogen and oxygen atoms in total. The van der Waals surface area contributed by atoms with Gasteiger partial charge in [-0.2, -0.15) is 5.10 Å². The van der Waals surface area contributed by atoms with Gasteiger partial charge in [-0.15, -0.1) is 0 Å². The zero-order valence-electron chi connectivity index (χ0n) is 15.0. The van der Waals surface area contributed by atoms with Crippen molar-refractivity contribution in [1.29, 1.82) is 0 Å². The number of nitrogens with one attached hydrogen (secondary N) is 1. The van der Waals surface area contributed by atoms with Crippen LogP contribution < -0.4 is 16.1 Å². The minimum atomic E-state index is 0.163. The highest BCUT2D eigenvalue weighted by atomic mass is 32.1. The van der Waals surface area contributed by atoms with Gasteiger partial charge in [0, 0.05) is 17.3 Å². The monoisotopic (exact) mass is 332 g/mol. The van der Waals surface area contributed by atoms with E-state index in [1.165, 1.54) is 16.8 Å². The van der Waals surface area contributed by atoms with Gasteiger partial charge < -0.3 is 10.6 Å². The van der Waals surface area contributed by atoms with Crippen LogP contribution in [0.2, 0.25) is 0 Å². The van der Waals surface area contributed by atoms with Crippen molar-refractivity contribution in [2.45, 2.75) is 65.5 Å². The van der Waals surface area contributed by atoms with Crippen LogP contribution in [0.5, 0.6) is 0 Å². The van der Waals surface area contributed by atoms with Crippen LogP contribution in [0.25, 0.3) is 0 Å². The number of nitrogens with two attached hydrogens (primary N) is 1. The molecule has 3 N–H and O–H groups in total. The van der Waals surface area contributed by atoms with Crippen molar-refractivity contribution in [2.75, 3.05) is 4.90 Å². The van der Waals surface area contributed by atoms with E-state index >= 15 is 0 Å². The molecule has 0 spiro atoms. The molecule has 0 saturated carbocycles. The summed E-state index contributed by atoms with van der Waals surface area (Å²) in [7, 11) is 0. The third-order valence-electron chi connectivity index (χ3n) is 4.56. The maximum atomic E-state index is 5.41. The second-order valence-corrected chi connectivity index (χ2v) is 7.82. The van der Waals surface area contributed by atoms with Gasteiger partial charge in [-0.05, 0) is 88.0 Å². The summed E-state index contributed by atoms with van der Waals surface area (Å²) >= 11 is 4.78. The number of fused-ring (bicyclic) bond motifs is 1. The first-order chi connectivity index (χ1) is 10.6. The van der Waals surface area contributed by atoms with E-state index in [0.29, 0.717) is 12.0 Å². The van der Waals surface area contributed by atoms with Crippen LogP contribution in [-0.2, 0) is 0 Å². The Balaban J connectivity index is 2.48. The van der Waals surface area contributed by atoms with Crippen molar-refractivity contribution in [3.8, 4) is 0 Å². The van der Waals surface area contributed by atoms with E-state index in [1.807, 2.05) is 0 Å². The summed E-state index contributed by atoms with van der Waals surface area (Å²) in [4.78, 5) is 2.55. The molecule has 1 atom stereocenters. The van der Waals surface area contributed by atoms with Gasteiger partial charge in [-0.3, -0.25) is 5.43 Å². The predicted octanol–water partition coefficient (Wildman–Crippen LogP) is 3.66. The summed E-state index contributed by atoms with van der Waals surface area (Å²) in [5.74, 6) is 0.520. The van der Waals surface area contributed by atoms with E-state index in [4.69, 9.17) is 18.0 Å². The third kappa shape index (κ3) is 3.66. The first kappa shape index (κ1) is 17.7. The van der Waals surface area contributed by atoms with E-state index < -0.39 is 0 Å². The van der Waals surface area contributed by atoms with E-state index in [2.05, 4.69) is 69.1 Å². The molecule has 0 saturated heterocycles. The Bertz CT molecular complexity index is 634. The zero-order chi connectivity index (χ0) is 17.4. The lowest BCUT2D eigenvalue weighted by molar-refractivity contribution is 0.356. The zero-order valence-corrected chi connectivity index (χ0v) is 15.8. The number of rotatable bonds is 3. The highest BCUT2D eigenvalue weighted by Gasteiger charge is 2.37. The molecule has 0 amide bonds. The molecule has 1 aromatic rings. The molecule has 5 heteroatoms. The highest BCUT2D eigenvalue weighted by molar-refractivity contribution is 7.80. The lowest BCUT2D eigenvalue weighted by Gasteiger charge is -2.50. The van der Waals surface area contributed by atoms with Crippen LogP contribution >= 0.6 is 12.2 Å². The SMILES string of the molecule is Cc1cc2c(cc1/C=N\NC(N)=S)[C@@H](C)CC(C)(C)N2C(C)C. The summed E-state index contributed by atoms with van der Waals surface area (Å²) in [6.45, 7) is 13.6. The molecule has 23 heavy (non-hydrogen) atoms. The van der Waals surface area contributed by atoms with Crippen LogP contribution in [0.1, 0.15) is 63.6 Å². The number of hydrazone groups is 1. The Morgan fingerprint density at radius 1 is 1.48 bits per heavy atom.